The lowest BCUT2D eigenvalue weighted by Gasteiger charge is -2.31. The number of rotatable bonds is 1. The van der Waals surface area contributed by atoms with E-state index in [1.165, 1.54) is 0 Å². The van der Waals surface area contributed by atoms with E-state index >= 15 is 0 Å². The van der Waals surface area contributed by atoms with Gasteiger partial charge in [0.2, 0.25) is 5.91 Å². The molecule has 0 aliphatic carbocycles. The second-order valence-corrected chi connectivity index (χ2v) is 5.16. The number of amides is 1. The smallest absolute Gasteiger partial charge is 0.241 e. The fourth-order valence-electron chi connectivity index (χ4n) is 1.71. The number of nitriles is 1. The summed E-state index contributed by atoms with van der Waals surface area (Å²) in [5, 5.41) is 8.89. The Balaban J connectivity index is 2.73. The first-order chi connectivity index (χ1) is 6.88. The molecule has 84 valence electrons. The second kappa shape index (κ2) is 4.19. The van der Waals surface area contributed by atoms with Crippen LogP contribution in [0.15, 0.2) is 0 Å². The molecule has 1 amide bonds. The average Bonchev–Trinajstić information content (AvgIpc) is 2.61. The Morgan fingerprint density at radius 3 is 2.67 bits per heavy atom. The van der Waals surface area contributed by atoms with Crippen molar-refractivity contribution in [3.8, 4) is 6.07 Å². The highest BCUT2D eigenvalue weighted by atomic mass is 16.2. The quantitative estimate of drug-likeness (QED) is 0.696. The van der Waals surface area contributed by atoms with E-state index in [9.17, 15) is 4.79 Å². The molecule has 1 aliphatic heterocycles. The zero-order valence-electron chi connectivity index (χ0n) is 9.66. The summed E-state index contributed by atoms with van der Waals surface area (Å²) in [6, 6.07) is 1.36. The molecule has 1 fully saturated rings. The van der Waals surface area contributed by atoms with Gasteiger partial charge in [0.15, 0.2) is 0 Å². The Morgan fingerprint density at radius 1 is 1.60 bits per heavy atom. The van der Waals surface area contributed by atoms with Gasteiger partial charge in [0.1, 0.15) is 6.04 Å². The molecule has 0 radical (unpaired) electrons. The highest BCUT2D eigenvalue weighted by Gasteiger charge is 2.36. The van der Waals surface area contributed by atoms with E-state index in [0.717, 1.165) is 12.8 Å². The van der Waals surface area contributed by atoms with Crippen LogP contribution >= 0.6 is 0 Å². The molecule has 1 heterocycles. The van der Waals surface area contributed by atoms with E-state index in [0.29, 0.717) is 6.54 Å². The van der Waals surface area contributed by atoms with Crippen molar-refractivity contribution in [1.29, 1.82) is 5.26 Å². The second-order valence-electron chi connectivity index (χ2n) is 5.16. The summed E-state index contributed by atoms with van der Waals surface area (Å²) < 4.78 is 0. The van der Waals surface area contributed by atoms with Crippen molar-refractivity contribution >= 4 is 5.91 Å². The lowest BCUT2D eigenvalue weighted by molar-refractivity contribution is -0.134. The SMILES string of the molecule is CC(C)(C)C(N)C(=O)N1CCCC1C#N. The Hall–Kier alpha value is -1.08. The minimum absolute atomic E-state index is 0.0912. The minimum atomic E-state index is -0.522. The van der Waals surface area contributed by atoms with E-state index in [1.807, 2.05) is 20.8 Å². The monoisotopic (exact) mass is 209 g/mol. The van der Waals surface area contributed by atoms with Crippen LogP contribution in [0.3, 0.4) is 0 Å². The van der Waals surface area contributed by atoms with Gasteiger partial charge >= 0.3 is 0 Å². The van der Waals surface area contributed by atoms with Crippen LogP contribution in [0.5, 0.6) is 0 Å². The molecule has 2 unspecified atom stereocenters. The molecule has 15 heavy (non-hydrogen) atoms. The molecular formula is C11H19N3O. The van der Waals surface area contributed by atoms with Gasteiger partial charge in [-0.25, -0.2) is 0 Å². The number of nitrogens with two attached hydrogens (primary N) is 1. The molecule has 1 saturated heterocycles. The van der Waals surface area contributed by atoms with Gasteiger partial charge in [0.05, 0.1) is 12.1 Å². The van der Waals surface area contributed by atoms with Gasteiger partial charge in [0, 0.05) is 6.54 Å². The molecule has 1 rings (SSSR count). The summed E-state index contributed by atoms with van der Waals surface area (Å²) in [7, 11) is 0. The van der Waals surface area contributed by atoms with Crippen molar-refractivity contribution in [3.05, 3.63) is 0 Å². The van der Waals surface area contributed by atoms with Crippen LogP contribution in [-0.2, 0) is 4.79 Å². The topological polar surface area (TPSA) is 70.1 Å². The zero-order valence-corrected chi connectivity index (χ0v) is 9.66. The molecule has 0 aromatic heterocycles. The number of nitrogens with zero attached hydrogens (tertiary/aromatic N) is 2. The third-order valence-electron chi connectivity index (χ3n) is 2.88. The Labute approximate surface area is 91.0 Å². The molecule has 0 bridgehead atoms. The Kier molecular flexibility index (Phi) is 3.35. The molecule has 1 aliphatic rings. The minimum Gasteiger partial charge on any atom is -0.325 e. The lowest BCUT2D eigenvalue weighted by Crippen LogP contribution is -2.51. The average molecular weight is 209 g/mol. The maximum absolute atomic E-state index is 12.0. The first-order valence-corrected chi connectivity index (χ1v) is 5.33. The first kappa shape index (κ1) is 12.0. The predicted octanol–water partition coefficient (Wildman–Crippen LogP) is 0.874. The third-order valence-corrected chi connectivity index (χ3v) is 2.88. The lowest BCUT2D eigenvalue weighted by atomic mass is 9.86. The Morgan fingerprint density at radius 2 is 2.20 bits per heavy atom. The van der Waals surface area contributed by atoms with Crippen molar-refractivity contribution in [2.45, 2.75) is 45.7 Å². The molecule has 2 atom stereocenters. The predicted molar refractivity (Wildman–Crippen MR) is 57.8 cm³/mol. The summed E-state index contributed by atoms with van der Waals surface area (Å²) in [5.74, 6) is -0.0912. The zero-order chi connectivity index (χ0) is 11.6. The van der Waals surface area contributed by atoms with E-state index in [-0.39, 0.29) is 17.4 Å². The highest BCUT2D eigenvalue weighted by molar-refractivity contribution is 5.83. The number of hydrogen-bond acceptors (Lipinski definition) is 3. The molecule has 0 aromatic carbocycles. The normalized spacial score (nSPS) is 23.7. The van der Waals surface area contributed by atoms with Gasteiger partial charge in [-0.3, -0.25) is 4.79 Å². The van der Waals surface area contributed by atoms with Gasteiger partial charge < -0.3 is 10.6 Å². The fourth-order valence-corrected chi connectivity index (χ4v) is 1.71. The fraction of sp³-hybridized carbons (Fsp3) is 0.818. The molecule has 4 nitrogen and oxygen atoms in total. The van der Waals surface area contributed by atoms with E-state index in [1.54, 1.807) is 4.90 Å². The highest BCUT2D eigenvalue weighted by Crippen LogP contribution is 2.23. The van der Waals surface area contributed by atoms with E-state index < -0.39 is 6.04 Å². The van der Waals surface area contributed by atoms with Gasteiger partial charge in [-0.1, -0.05) is 20.8 Å². The summed E-state index contributed by atoms with van der Waals surface area (Å²) in [5.41, 5.74) is 5.64. The third kappa shape index (κ3) is 2.48. The molecule has 2 N–H and O–H groups in total. The van der Waals surface area contributed by atoms with Crippen LogP contribution in [0.4, 0.5) is 0 Å². The largest absolute Gasteiger partial charge is 0.325 e. The van der Waals surface area contributed by atoms with E-state index in [4.69, 9.17) is 11.0 Å². The molecule has 0 saturated carbocycles. The van der Waals surface area contributed by atoms with Crippen LogP contribution in [0.1, 0.15) is 33.6 Å². The molecule has 0 aromatic rings. The van der Waals surface area contributed by atoms with Crippen molar-refractivity contribution in [2.24, 2.45) is 11.1 Å². The van der Waals surface area contributed by atoms with Crippen LogP contribution < -0.4 is 5.73 Å². The molecule has 4 heteroatoms. The van der Waals surface area contributed by atoms with E-state index in [2.05, 4.69) is 6.07 Å². The van der Waals surface area contributed by atoms with Crippen LogP contribution in [0.2, 0.25) is 0 Å². The van der Waals surface area contributed by atoms with Crippen LogP contribution in [-0.4, -0.2) is 29.4 Å². The first-order valence-electron chi connectivity index (χ1n) is 5.33. The number of carbonyl (C=O) groups is 1. The van der Waals surface area contributed by atoms with Crippen molar-refractivity contribution in [2.75, 3.05) is 6.54 Å². The number of hydrogen-bond donors (Lipinski definition) is 1. The molecule has 0 spiro atoms. The summed E-state index contributed by atoms with van der Waals surface area (Å²) in [6.45, 7) is 6.48. The number of carbonyl (C=O) groups excluding carboxylic acids is 1. The number of likely N-dealkylation sites (tertiary alicyclic amines) is 1. The van der Waals surface area contributed by atoms with Crippen molar-refractivity contribution < 1.29 is 4.79 Å². The summed E-state index contributed by atoms with van der Waals surface area (Å²) in [6.07, 6.45) is 1.68. The van der Waals surface area contributed by atoms with Gasteiger partial charge in [-0.05, 0) is 18.3 Å². The van der Waals surface area contributed by atoms with Gasteiger partial charge in [-0.15, -0.1) is 0 Å². The van der Waals surface area contributed by atoms with Crippen molar-refractivity contribution in [1.82, 2.24) is 4.90 Å². The molecular weight excluding hydrogens is 190 g/mol. The van der Waals surface area contributed by atoms with Gasteiger partial charge in [-0.2, -0.15) is 5.26 Å². The van der Waals surface area contributed by atoms with Crippen LogP contribution in [0.25, 0.3) is 0 Å². The maximum Gasteiger partial charge on any atom is 0.241 e. The standard InChI is InChI=1S/C11H19N3O/c1-11(2,3)9(13)10(15)14-6-4-5-8(14)7-12/h8-9H,4-6,13H2,1-3H3. The maximum atomic E-state index is 12.0. The Bertz CT molecular complexity index is 287. The van der Waals surface area contributed by atoms with Gasteiger partial charge in [0.25, 0.3) is 0 Å². The summed E-state index contributed by atoms with van der Waals surface area (Å²) in [4.78, 5) is 13.6. The van der Waals surface area contributed by atoms with Crippen LogP contribution in [0, 0.1) is 16.7 Å². The van der Waals surface area contributed by atoms with Crippen molar-refractivity contribution in [3.63, 3.8) is 0 Å². The summed E-state index contributed by atoms with van der Waals surface area (Å²) >= 11 is 0.